The third-order valence-electron chi connectivity index (χ3n) is 6.03. The van der Waals surface area contributed by atoms with Gasteiger partial charge in [-0.3, -0.25) is 14.5 Å². The highest BCUT2D eigenvalue weighted by Gasteiger charge is 2.37. The third-order valence-corrected chi connectivity index (χ3v) is 6.03. The molecule has 2 bridgehead atoms. The summed E-state index contributed by atoms with van der Waals surface area (Å²) < 4.78 is 0. The number of aromatic nitrogens is 2. The summed E-state index contributed by atoms with van der Waals surface area (Å²) >= 11 is 0. The van der Waals surface area contributed by atoms with Gasteiger partial charge in [-0.1, -0.05) is 30.3 Å². The number of nitrogens with zero attached hydrogens (tertiary/aromatic N) is 3. The van der Waals surface area contributed by atoms with Crippen LogP contribution in [0, 0.1) is 19.8 Å². The van der Waals surface area contributed by atoms with Gasteiger partial charge in [0.15, 0.2) is 0 Å². The summed E-state index contributed by atoms with van der Waals surface area (Å²) in [7, 11) is 0. The molecule has 3 aliphatic heterocycles. The van der Waals surface area contributed by atoms with E-state index in [4.69, 9.17) is 0 Å². The summed E-state index contributed by atoms with van der Waals surface area (Å²) in [6.07, 6.45) is 2.35. The number of aromatic amines is 1. The Morgan fingerprint density at radius 2 is 1.93 bits per heavy atom. The molecule has 1 aromatic carbocycles. The molecule has 0 aliphatic carbocycles. The van der Waals surface area contributed by atoms with E-state index in [1.54, 1.807) is 13.8 Å². The predicted octanol–water partition coefficient (Wildman–Crippen LogP) is 2.05. The maximum absolute atomic E-state index is 13.1. The van der Waals surface area contributed by atoms with Crippen LogP contribution in [0.1, 0.15) is 35.5 Å². The first-order valence-electron chi connectivity index (χ1n) is 10.1. The maximum Gasteiger partial charge on any atom is 0.254 e. The van der Waals surface area contributed by atoms with Crippen molar-refractivity contribution in [3.63, 3.8) is 0 Å². The van der Waals surface area contributed by atoms with E-state index in [2.05, 4.69) is 39.1 Å². The van der Waals surface area contributed by atoms with Crippen LogP contribution >= 0.6 is 0 Å². The molecule has 4 heterocycles. The van der Waals surface area contributed by atoms with Crippen LogP contribution in [0.4, 0.5) is 0 Å². The number of hydrogen-bond donors (Lipinski definition) is 1. The van der Waals surface area contributed by atoms with E-state index in [-0.39, 0.29) is 23.9 Å². The Morgan fingerprint density at radius 3 is 2.68 bits per heavy atom. The summed E-state index contributed by atoms with van der Waals surface area (Å²) in [6, 6.07) is 10.7. The van der Waals surface area contributed by atoms with Crippen LogP contribution in [-0.4, -0.2) is 51.4 Å². The summed E-state index contributed by atoms with van der Waals surface area (Å²) in [5.74, 6) is 1.14. The van der Waals surface area contributed by atoms with Crippen molar-refractivity contribution in [2.45, 2.75) is 45.7 Å². The fourth-order valence-electron chi connectivity index (χ4n) is 4.67. The first-order chi connectivity index (χ1) is 13.5. The van der Waals surface area contributed by atoms with Crippen LogP contribution in [-0.2, 0) is 17.8 Å². The van der Waals surface area contributed by atoms with E-state index in [0.29, 0.717) is 23.0 Å². The highest BCUT2D eigenvalue weighted by atomic mass is 16.2. The summed E-state index contributed by atoms with van der Waals surface area (Å²) in [5, 5.41) is 0. The predicted molar refractivity (Wildman–Crippen MR) is 108 cm³/mol. The molecule has 2 aromatic rings. The van der Waals surface area contributed by atoms with Crippen LogP contribution < -0.4 is 5.56 Å². The highest BCUT2D eigenvalue weighted by molar-refractivity contribution is 5.79. The van der Waals surface area contributed by atoms with Gasteiger partial charge in [0.2, 0.25) is 5.91 Å². The van der Waals surface area contributed by atoms with Crippen molar-refractivity contribution in [2.75, 3.05) is 19.6 Å². The molecule has 2 atom stereocenters. The summed E-state index contributed by atoms with van der Waals surface area (Å²) in [5.41, 5.74) is 2.27. The highest BCUT2D eigenvalue weighted by Crippen LogP contribution is 2.29. The molecule has 5 rings (SSSR count). The molecule has 3 fully saturated rings. The zero-order valence-electron chi connectivity index (χ0n) is 16.6. The van der Waals surface area contributed by atoms with Gasteiger partial charge in [-0.25, -0.2) is 4.98 Å². The topological polar surface area (TPSA) is 69.3 Å². The molecule has 28 heavy (non-hydrogen) atoms. The molecule has 1 amide bonds. The zero-order chi connectivity index (χ0) is 19.7. The lowest BCUT2D eigenvalue weighted by atomic mass is 9.94. The summed E-state index contributed by atoms with van der Waals surface area (Å²) in [6.45, 7) is 7.22. The van der Waals surface area contributed by atoms with E-state index in [1.807, 2.05) is 11.0 Å². The second kappa shape index (κ2) is 7.87. The van der Waals surface area contributed by atoms with Crippen LogP contribution in [0.15, 0.2) is 35.1 Å². The average Bonchev–Trinajstić information content (AvgIpc) is 2.96. The Morgan fingerprint density at radius 1 is 1.14 bits per heavy atom. The molecule has 6 nitrogen and oxygen atoms in total. The van der Waals surface area contributed by atoms with E-state index in [0.717, 1.165) is 32.6 Å². The van der Waals surface area contributed by atoms with Crippen LogP contribution in [0.25, 0.3) is 0 Å². The molecule has 3 aliphatic rings. The molecule has 0 radical (unpaired) electrons. The SMILES string of the molecule is Cc1nc(C)c(CC(=O)N2C[C@H]3CC[C@@H]2CN(Cc2ccccc2)C3)c(=O)[nH]1. The van der Waals surface area contributed by atoms with Crippen molar-refractivity contribution in [2.24, 2.45) is 5.92 Å². The van der Waals surface area contributed by atoms with Crippen molar-refractivity contribution in [3.05, 3.63) is 63.3 Å². The largest absolute Gasteiger partial charge is 0.338 e. The monoisotopic (exact) mass is 380 g/mol. The first kappa shape index (κ1) is 18.9. The van der Waals surface area contributed by atoms with Gasteiger partial charge in [-0.05, 0) is 38.2 Å². The van der Waals surface area contributed by atoms with Gasteiger partial charge in [0, 0.05) is 43.5 Å². The van der Waals surface area contributed by atoms with Crippen LogP contribution in [0.3, 0.4) is 0 Å². The molecule has 6 heteroatoms. The number of benzene rings is 1. The molecule has 3 saturated heterocycles. The quantitative estimate of drug-likeness (QED) is 0.881. The number of H-pyrrole nitrogens is 1. The lowest BCUT2D eigenvalue weighted by Gasteiger charge is -2.36. The van der Waals surface area contributed by atoms with Gasteiger partial charge in [0.25, 0.3) is 5.56 Å². The minimum atomic E-state index is -0.191. The van der Waals surface area contributed by atoms with Crippen molar-refractivity contribution in [3.8, 4) is 0 Å². The number of hydrogen-bond acceptors (Lipinski definition) is 4. The van der Waals surface area contributed by atoms with E-state index < -0.39 is 0 Å². The fraction of sp³-hybridized carbons (Fsp3) is 0.500. The second-order valence-electron chi connectivity index (χ2n) is 8.22. The normalized spacial score (nSPS) is 22.3. The maximum atomic E-state index is 13.1. The van der Waals surface area contributed by atoms with E-state index in [9.17, 15) is 9.59 Å². The number of carbonyl (C=O) groups is 1. The number of amides is 1. The minimum absolute atomic E-state index is 0.0514. The third kappa shape index (κ3) is 4.02. The van der Waals surface area contributed by atoms with Crippen LogP contribution in [0.2, 0.25) is 0 Å². The van der Waals surface area contributed by atoms with Crippen molar-refractivity contribution in [1.82, 2.24) is 19.8 Å². The Kier molecular flexibility index (Phi) is 5.31. The molecule has 148 valence electrons. The van der Waals surface area contributed by atoms with Gasteiger partial charge >= 0.3 is 0 Å². The Hall–Kier alpha value is -2.47. The Balaban J connectivity index is 1.47. The fourth-order valence-corrected chi connectivity index (χ4v) is 4.67. The lowest BCUT2D eigenvalue weighted by molar-refractivity contribution is -0.134. The molecular weight excluding hydrogens is 352 g/mol. The molecular formula is C22H28N4O2. The Bertz CT molecular complexity index is 908. The van der Waals surface area contributed by atoms with E-state index >= 15 is 0 Å². The number of rotatable bonds is 4. The summed E-state index contributed by atoms with van der Waals surface area (Å²) in [4.78, 5) is 36.9. The molecule has 0 unspecified atom stereocenters. The second-order valence-corrected chi connectivity index (χ2v) is 8.22. The zero-order valence-corrected chi connectivity index (χ0v) is 16.6. The van der Waals surface area contributed by atoms with Gasteiger partial charge in [-0.15, -0.1) is 0 Å². The number of piperidine rings is 1. The smallest absolute Gasteiger partial charge is 0.254 e. The van der Waals surface area contributed by atoms with Gasteiger partial charge in [0.05, 0.1) is 6.42 Å². The standard InChI is InChI=1S/C22H28N4O2/c1-15-20(22(28)24-16(2)23-15)10-21(27)26-13-18-8-9-19(26)14-25(12-18)11-17-6-4-3-5-7-17/h3-7,18-19H,8-14H2,1-2H3,(H,23,24,28)/t18-,19+/m0/s1. The number of nitrogens with one attached hydrogen (secondary N) is 1. The first-order valence-corrected chi connectivity index (χ1v) is 10.1. The molecule has 1 aromatic heterocycles. The number of fused-ring (bicyclic) bond motifs is 4. The lowest BCUT2D eigenvalue weighted by Crippen LogP contribution is -2.48. The van der Waals surface area contributed by atoms with Gasteiger partial charge in [-0.2, -0.15) is 0 Å². The van der Waals surface area contributed by atoms with Crippen molar-refractivity contribution < 1.29 is 4.79 Å². The number of aryl methyl sites for hydroxylation is 2. The average molecular weight is 380 g/mol. The molecule has 1 N–H and O–H groups in total. The Labute approximate surface area is 165 Å². The van der Waals surface area contributed by atoms with Gasteiger partial charge < -0.3 is 9.88 Å². The van der Waals surface area contributed by atoms with Gasteiger partial charge in [0.1, 0.15) is 5.82 Å². The van der Waals surface area contributed by atoms with Crippen LogP contribution in [0.5, 0.6) is 0 Å². The van der Waals surface area contributed by atoms with Crippen molar-refractivity contribution >= 4 is 5.91 Å². The minimum Gasteiger partial charge on any atom is -0.338 e. The number of carbonyl (C=O) groups excluding carboxylic acids is 1. The molecule has 0 spiro atoms. The molecule has 0 saturated carbocycles. The van der Waals surface area contributed by atoms with E-state index in [1.165, 1.54) is 12.0 Å². The van der Waals surface area contributed by atoms with Crippen molar-refractivity contribution in [1.29, 1.82) is 0 Å².